The summed E-state index contributed by atoms with van der Waals surface area (Å²) in [5.74, 6) is -0.440. The minimum absolute atomic E-state index is 0.126. The maximum atomic E-state index is 12.7. The van der Waals surface area contributed by atoms with Gasteiger partial charge in [0.15, 0.2) is 0 Å². The number of carbonyl (C=O) groups excluding carboxylic acids is 1. The first-order valence-corrected chi connectivity index (χ1v) is 10.7. The number of nitrogens with zero attached hydrogens (tertiary/aromatic N) is 2. The number of aromatic hydroxyl groups is 1. The fourth-order valence-corrected chi connectivity index (χ4v) is 3.57. The number of hydrogen-bond donors (Lipinski definition) is 2. The number of nitriles is 1. The van der Waals surface area contributed by atoms with Gasteiger partial charge in [0.25, 0.3) is 11.6 Å². The Hall–Kier alpha value is -3.18. The monoisotopic (exact) mass is 499 g/mol. The number of phenolic OH excluding ortho intramolecular Hbond substituents is 1. The zero-order chi connectivity index (χ0) is 24.4. The highest BCUT2D eigenvalue weighted by Crippen LogP contribution is 2.40. The summed E-state index contributed by atoms with van der Waals surface area (Å²) in [6.07, 6.45) is 1.47. The first-order valence-electron chi connectivity index (χ1n) is 9.90. The first kappa shape index (κ1) is 25.1. The molecule has 2 rings (SSSR count). The Morgan fingerprint density at radius 3 is 2.06 bits per heavy atom. The normalized spacial score (nSPS) is 12.2. The highest BCUT2D eigenvalue weighted by molar-refractivity contribution is 9.10. The van der Waals surface area contributed by atoms with E-state index in [1.165, 1.54) is 24.3 Å². The third kappa shape index (κ3) is 5.74. The number of amides is 1. The van der Waals surface area contributed by atoms with E-state index < -0.39 is 10.8 Å². The van der Waals surface area contributed by atoms with Gasteiger partial charge < -0.3 is 10.4 Å². The number of anilines is 1. The molecule has 0 unspecified atom stereocenters. The number of nitro benzene ring substituents is 1. The number of nitrogens with one attached hydrogen (secondary N) is 1. The topological polar surface area (TPSA) is 116 Å². The lowest BCUT2D eigenvalue weighted by Crippen LogP contribution is -2.18. The van der Waals surface area contributed by atoms with Crippen molar-refractivity contribution >= 4 is 39.3 Å². The SMILES string of the molecule is CC(C)(C)c1cc(C=C(C#N)C(=O)Nc2ccc([N+](=O)[O-])cc2Br)cc(C(C)(C)C)c1O. The van der Waals surface area contributed by atoms with Gasteiger partial charge in [-0.05, 0) is 56.6 Å². The van der Waals surface area contributed by atoms with E-state index in [0.29, 0.717) is 26.9 Å². The summed E-state index contributed by atoms with van der Waals surface area (Å²) < 4.78 is 0.326. The number of carbonyl (C=O) groups is 1. The van der Waals surface area contributed by atoms with Crippen LogP contribution in [0.5, 0.6) is 5.75 Å². The van der Waals surface area contributed by atoms with Crippen LogP contribution < -0.4 is 5.32 Å². The molecule has 32 heavy (non-hydrogen) atoms. The molecule has 0 atom stereocenters. The van der Waals surface area contributed by atoms with Gasteiger partial charge in [0.2, 0.25) is 0 Å². The van der Waals surface area contributed by atoms with Crippen LogP contribution in [0, 0.1) is 21.4 Å². The van der Waals surface area contributed by atoms with Crippen molar-refractivity contribution in [1.82, 2.24) is 0 Å². The van der Waals surface area contributed by atoms with Crippen LogP contribution in [0.3, 0.4) is 0 Å². The van der Waals surface area contributed by atoms with E-state index in [4.69, 9.17) is 0 Å². The Labute approximate surface area is 196 Å². The molecule has 7 nitrogen and oxygen atoms in total. The third-order valence-electron chi connectivity index (χ3n) is 4.84. The molecule has 0 aliphatic heterocycles. The van der Waals surface area contributed by atoms with Gasteiger partial charge in [-0.15, -0.1) is 0 Å². The standard InChI is InChI=1S/C24H26BrN3O4/c1-23(2,3)17-10-14(11-18(21(17)29)24(4,5)6)9-15(13-26)22(30)27-20-8-7-16(28(31)32)12-19(20)25/h7-12,29H,1-6H3,(H,27,30). The summed E-state index contributed by atoms with van der Waals surface area (Å²) in [4.78, 5) is 23.1. The Balaban J connectivity index is 2.50. The maximum Gasteiger partial charge on any atom is 0.270 e. The molecule has 2 aromatic rings. The number of nitro groups is 1. The number of non-ortho nitro benzene ring substituents is 1. The maximum absolute atomic E-state index is 12.7. The summed E-state index contributed by atoms with van der Waals surface area (Å²) in [6, 6.07) is 9.40. The molecule has 1 amide bonds. The lowest BCUT2D eigenvalue weighted by atomic mass is 9.78. The molecule has 0 spiro atoms. The molecule has 2 aromatic carbocycles. The highest BCUT2D eigenvalue weighted by atomic mass is 79.9. The lowest BCUT2D eigenvalue weighted by Gasteiger charge is -2.28. The van der Waals surface area contributed by atoms with Gasteiger partial charge in [0.05, 0.1) is 10.6 Å². The molecule has 0 saturated heterocycles. The van der Waals surface area contributed by atoms with Crippen molar-refractivity contribution in [2.45, 2.75) is 52.4 Å². The number of rotatable bonds is 4. The van der Waals surface area contributed by atoms with Gasteiger partial charge in [-0.2, -0.15) is 5.26 Å². The van der Waals surface area contributed by atoms with Crippen LogP contribution in [0.1, 0.15) is 58.2 Å². The van der Waals surface area contributed by atoms with Crippen molar-refractivity contribution in [3.8, 4) is 11.8 Å². The van der Waals surface area contributed by atoms with Crippen LogP contribution in [0.2, 0.25) is 0 Å². The second-order valence-electron chi connectivity index (χ2n) is 9.51. The average Bonchev–Trinajstić information content (AvgIpc) is 2.66. The van der Waals surface area contributed by atoms with Crippen LogP contribution in [0.25, 0.3) is 6.08 Å². The summed E-state index contributed by atoms with van der Waals surface area (Å²) >= 11 is 3.20. The fourth-order valence-electron chi connectivity index (χ4n) is 3.11. The third-order valence-corrected chi connectivity index (χ3v) is 5.49. The van der Waals surface area contributed by atoms with Crippen molar-refractivity contribution in [3.63, 3.8) is 0 Å². The second-order valence-corrected chi connectivity index (χ2v) is 10.4. The largest absolute Gasteiger partial charge is 0.507 e. The van der Waals surface area contributed by atoms with Gasteiger partial charge in [-0.1, -0.05) is 41.5 Å². The first-order chi connectivity index (χ1) is 14.6. The van der Waals surface area contributed by atoms with E-state index in [1.807, 2.05) is 47.6 Å². The minimum atomic E-state index is -0.648. The van der Waals surface area contributed by atoms with Crippen molar-refractivity contribution in [3.05, 3.63) is 67.2 Å². The van der Waals surface area contributed by atoms with Crippen molar-refractivity contribution in [1.29, 1.82) is 5.26 Å². The predicted octanol–water partition coefficient (Wildman–Crippen LogP) is 6.20. The average molecular weight is 500 g/mol. The number of hydrogen-bond acceptors (Lipinski definition) is 5. The van der Waals surface area contributed by atoms with E-state index in [-0.39, 0.29) is 27.8 Å². The van der Waals surface area contributed by atoms with Crippen LogP contribution in [-0.2, 0) is 15.6 Å². The molecule has 2 N–H and O–H groups in total. The zero-order valence-corrected chi connectivity index (χ0v) is 20.5. The van der Waals surface area contributed by atoms with Gasteiger partial charge in [-0.25, -0.2) is 0 Å². The number of halogens is 1. The van der Waals surface area contributed by atoms with Crippen LogP contribution in [0.15, 0.2) is 40.4 Å². The molecule has 0 fully saturated rings. The lowest BCUT2D eigenvalue weighted by molar-refractivity contribution is -0.384. The summed E-state index contributed by atoms with van der Waals surface area (Å²) in [7, 11) is 0. The Morgan fingerprint density at radius 2 is 1.66 bits per heavy atom. The molecule has 168 valence electrons. The Kier molecular flexibility index (Phi) is 7.16. The smallest absolute Gasteiger partial charge is 0.270 e. The molecule has 0 aromatic heterocycles. The molecular formula is C24H26BrN3O4. The molecule has 0 saturated carbocycles. The Bertz CT molecular complexity index is 1110. The number of benzene rings is 2. The van der Waals surface area contributed by atoms with E-state index in [1.54, 1.807) is 12.1 Å². The zero-order valence-electron chi connectivity index (χ0n) is 18.9. The summed E-state index contributed by atoms with van der Waals surface area (Å²) in [5.41, 5.74) is 1.38. The quantitative estimate of drug-likeness (QED) is 0.224. The molecule has 8 heteroatoms. The van der Waals surface area contributed by atoms with Gasteiger partial charge in [-0.3, -0.25) is 14.9 Å². The van der Waals surface area contributed by atoms with Crippen LogP contribution in [0.4, 0.5) is 11.4 Å². The minimum Gasteiger partial charge on any atom is -0.507 e. The number of phenols is 1. The molecule has 0 bridgehead atoms. The van der Waals surface area contributed by atoms with Gasteiger partial charge >= 0.3 is 0 Å². The summed E-state index contributed by atoms with van der Waals surface area (Å²) in [6.45, 7) is 11.9. The van der Waals surface area contributed by atoms with E-state index in [9.17, 15) is 25.3 Å². The van der Waals surface area contributed by atoms with E-state index >= 15 is 0 Å². The molecule has 0 radical (unpaired) electrons. The molecule has 0 aliphatic carbocycles. The Morgan fingerprint density at radius 1 is 1.12 bits per heavy atom. The van der Waals surface area contributed by atoms with Gasteiger partial charge in [0, 0.05) is 27.7 Å². The van der Waals surface area contributed by atoms with Crippen molar-refractivity contribution in [2.24, 2.45) is 0 Å². The highest BCUT2D eigenvalue weighted by Gasteiger charge is 2.26. The molecular weight excluding hydrogens is 474 g/mol. The van der Waals surface area contributed by atoms with Crippen LogP contribution in [-0.4, -0.2) is 15.9 Å². The second kappa shape index (κ2) is 9.13. The summed E-state index contributed by atoms with van der Waals surface area (Å²) in [5, 5.41) is 34.0. The van der Waals surface area contributed by atoms with E-state index in [2.05, 4.69) is 21.2 Å². The van der Waals surface area contributed by atoms with Crippen LogP contribution >= 0.6 is 15.9 Å². The molecule has 0 aliphatic rings. The van der Waals surface area contributed by atoms with Crippen molar-refractivity contribution < 1.29 is 14.8 Å². The van der Waals surface area contributed by atoms with E-state index in [0.717, 1.165) is 0 Å². The van der Waals surface area contributed by atoms with Crippen molar-refractivity contribution in [2.75, 3.05) is 5.32 Å². The molecule has 0 heterocycles. The predicted molar refractivity (Wildman–Crippen MR) is 129 cm³/mol. The van der Waals surface area contributed by atoms with Gasteiger partial charge in [0.1, 0.15) is 17.4 Å². The fraction of sp³-hybridized carbons (Fsp3) is 0.333.